The van der Waals surface area contributed by atoms with E-state index >= 15 is 0 Å². The Hall–Kier alpha value is 0.0500. The van der Waals surface area contributed by atoms with Crippen molar-refractivity contribution in [2.24, 2.45) is 0 Å². The van der Waals surface area contributed by atoms with E-state index in [0.717, 1.165) is 28.8 Å². The maximum absolute atomic E-state index is 6.26. The van der Waals surface area contributed by atoms with Crippen LogP contribution in [0.5, 0.6) is 0 Å². The largest absolute Gasteiger partial charge is 0.239 e. The van der Waals surface area contributed by atoms with Crippen LogP contribution in [0.1, 0.15) is 33.5 Å². The van der Waals surface area contributed by atoms with Crippen LogP contribution in [0, 0.1) is 0 Å². The topological polar surface area (TPSA) is 25.8 Å². The maximum atomic E-state index is 6.26. The summed E-state index contributed by atoms with van der Waals surface area (Å²) in [5, 5.41) is 0.495. The molecular weight excluding hydrogens is 485 g/mol. The quantitative estimate of drug-likeness (QED) is 0.217. The van der Waals surface area contributed by atoms with Gasteiger partial charge in [-0.1, -0.05) is 94.1 Å². The van der Waals surface area contributed by atoms with Gasteiger partial charge >= 0.3 is 0 Å². The SMILES string of the molecule is C=C(C)/C=C\C(=C/CC)c1c(Cl)ncnc1C(I)I. The summed E-state index contributed by atoms with van der Waals surface area (Å²) in [6.07, 6.45) is 8.56. The standard InChI is InChI=1S/C14H15ClI2N2/c1-4-5-10(7-6-9(2)3)11-12(14(16)17)18-8-19-13(11)15/h5-8,14H,2,4H2,1,3H3/b7-6-,10-5+. The molecule has 0 aliphatic heterocycles. The third kappa shape index (κ3) is 5.15. The van der Waals surface area contributed by atoms with Crippen molar-refractivity contribution in [2.75, 3.05) is 0 Å². The van der Waals surface area contributed by atoms with E-state index in [1.165, 1.54) is 6.33 Å². The van der Waals surface area contributed by atoms with Gasteiger partial charge in [0.15, 0.2) is 0 Å². The van der Waals surface area contributed by atoms with Gasteiger partial charge in [-0.15, -0.1) is 0 Å². The molecule has 0 bridgehead atoms. The van der Waals surface area contributed by atoms with E-state index in [1.54, 1.807) is 0 Å². The van der Waals surface area contributed by atoms with Crippen molar-refractivity contribution in [2.45, 2.75) is 22.2 Å². The highest BCUT2D eigenvalue weighted by Gasteiger charge is 2.16. The third-order valence-electron chi connectivity index (χ3n) is 2.30. The van der Waals surface area contributed by atoms with Crippen LogP contribution in [0.25, 0.3) is 5.57 Å². The average molecular weight is 501 g/mol. The summed E-state index contributed by atoms with van der Waals surface area (Å²) >= 11 is 10.9. The molecule has 0 fully saturated rings. The van der Waals surface area contributed by atoms with Gasteiger partial charge < -0.3 is 0 Å². The second-order valence-electron chi connectivity index (χ2n) is 3.97. The van der Waals surface area contributed by atoms with Gasteiger partial charge in [-0.25, -0.2) is 9.97 Å². The summed E-state index contributed by atoms with van der Waals surface area (Å²) in [5.41, 5.74) is 3.91. The van der Waals surface area contributed by atoms with Crippen molar-refractivity contribution >= 4 is 62.4 Å². The van der Waals surface area contributed by atoms with E-state index in [2.05, 4.69) is 74.7 Å². The number of hydrogen-bond acceptors (Lipinski definition) is 2. The van der Waals surface area contributed by atoms with Crippen LogP contribution >= 0.6 is 56.8 Å². The Bertz CT molecular complexity index is 522. The number of alkyl halides is 2. The monoisotopic (exact) mass is 500 g/mol. The minimum atomic E-state index is 0.240. The predicted octanol–water partition coefficient (Wildman–Crippen LogP) is 5.92. The first kappa shape index (κ1) is 17.1. The van der Waals surface area contributed by atoms with Crippen molar-refractivity contribution in [3.05, 3.63) is 53.1 Å². The minimum absolute atomic E-state index is 0.240. The number of allylic oxidation sites excluding steroid dienone is 5. The summed E-state index contributed by atoms with van der Waals surface area (Å²) in [6.45, 7) is 7.94. The fraction of sp³-hybridized carbons (Fsp3) is 0.286. The lowest BCUT2D eigenvalue weighted by atomic mass is 10.0. The summed E-state index contributed by atoms with van der Waals surface area (Å²) in [7, 11) is 0. The van der Waals surface area contributed by atoms with Crippen LogP contribution in [-0.4, -0.2) is 9.97 Å². The fourth-order valence-corrected chi connectivity index (χ4v) is 2.71. The third-order valence-corrected chi connectivity index (χ3v) is 3.76. The first-order chi connectivity index (χ1) is 8.97. The molecule has 0 saturated heterocycles. The van der Waals surface area contributed by atoms with E-state index in [9.17, 15) is 0 Å². The molecule has 102 valence electrons. The lowest BCUT2D eigenvalue weighted by molar-refractivity contribution is 1.08. The Morgan fingerprint density at radius 3 is 2.63 bits per heavy atom. The van der Waals surface area contributed by atoms with Gasteiger partial charge in [0, 0.05) is 5.56 Å². The first-order valence-electron chi connectivity index (χ1n) is 5.80. The molecule has 0 spiro atoms. The molecule has 0 amide bonds. The van der Waals surface area contributed by atoms with Crippen LogP contribution in [0.3, 0.4) is 0 Å². The molecule has 0 unspecified atom stereocenters. The van der Waals surface area contributed by atoms with Gasteiger partial charge in [0.25, 0.3) is 0 Å². The van der Waals surface area contributed by atoms with Crippen molar-refractivity contribution in [1.29, 1.82) is 0 Å². The van der Waals surface area contributed by atoms with Crippen LogP contribution < -0.4 is 0 Å². The zero-order valence-electron chi connectivity index (χ0n) is 10.8. The first-order valence-corrected chi connectivity index (χ1v) is 8.67. The Labute approximate surface area is 146 Å². The lowest BCUT2D eigenvalue weighted by Crippen LogP contribution is -1.99. The Balaban J connectivity index is 3.38. The summed E-state index contributed by atoms with van der Waals surface area (Å²) < 4.78 is 0.240. The molecule has 0 aliphatic carbocycles. The van der Waals surface area contributed by atoms with E-state index in [4.69, 9.17) is 11.6 Å². The van der Waals surface area contributed by atoms with Crippen LogP contribution in [0.4, 0.5) is 0 Å². The van der Waals surface area contributed by atoms with Crippen molar-refractivity contribution in [3.63, 3.8) is 0 Å². The molecule has 0 aliphatic rings. The molecule has 1 aromatic rings. The number of halogens is 3. The maximum Gasteiger partial charge on any atom is 0.140 e. The van der Waals surface area contributed by atoms with Crippen LogP contribution in [0.15, 0.2) is 36.7 Å². The smallest absolute Gasteiger partial charge is 0.140 e. The Morgan fingerprint density at radius 1 is 1.42 bits per heavy atom. The Morgan fingerprint density at radius 2 is 2.11 bits per heavy atom. The van der Waals surface area contributed by atoms with Crippen LogP contribution in [0.2, 0.25) is 5.15 Å². The van der Waals surface area contributed by atoms with Gasteiger partial charge in [0.2, 0.25) is 0 Å². The van der Waals surface area contributed by atoms with Gasteiger partial charge in [-0.05, 0) is 18.9 Å². The minimum Gasteiger partial charge on any atom is -0.239 e. The molecule has 0 saturated carbocycles. The molecule has 1 aromatic heterocycles. The Kier molecular flexibility index (Phi) is 7.53. The molecule has 19 heavy (non-hydrogen) atoms. The summed E-state index contributed by atoms with van der Waals surface area (Å²) in [4.78, 5) is 8.46. The van der Waals surface area contributed by atoms with E-state index < -0.39 is 0 Å². The molecule has 1 heterocycles. The van der Waals surface area contributed by atoms with Gasteiger partial charge in [-0.3, -0.25) is 0 Å². The molecular formula is C14H15ClI2N2. The predicted molar refractivity (Wildman–Crippen MR) is 100 cm³/mol. The average Bonchev–Trinajstić information content (AvgIpc) is 2.34. The number of hydrogen-bond donors (Lipinski definition) is 0. The molecule has 0 radical (unpaired) electrons. The van der Waals surface area contributed by atoms with Gasteiger partial charge in [0.1, 0.15) is 13.4 Å². The highest BCUT2D eigenvalue weighted by molar-refractivity contribution is 14.2. The van der Waals surface area contributed by atoms with Crippen molar-refractivity contribution in [1.82, 2.24) is 9.97 Å². The summed E-state index contributed by atoms with van der Waals surface area (Å²) in [6, 6.07) is 0. The highest BCUT2D eigenvalue weighted by Crippen LogP contribution is 2.37. The highest BCUT2D eigenvalue weighted by atomic mass is 127. The van der Waals surface area contributed by atoms with E-state index in [-0.39, 0.29) is 1.93 Å². The zero-order valence-corrected chi connectivity index (χ0v) is 15.9. The second kappa shape index (κ2) is 8.36. The van der Waals surface area contributed by atoms with E-state index in [1.807, 2.05) is 19.1 Å². The molecule has 5 heteroatoms. The van der Waals surface area contributed by atoms with E-state index in [0.29, 0.717) is 5.15 Å². The fourth-order valence-electron chi connectivity index (χ4n) is 1.51. The molecule has 0 aromatic carbocycles. The van der Waals surface area contributed by atoms with Gasteiger partial charge in [-0.2, -0.15) is 0 Å². The molecule has 0 N–H and O–H groups in total. The molecule has 0 atom stereocenters. The number of rotatable bonds is 5. The number of nitrogens with zero attached hydrogens (tertiary/aromatic N) is 2. The summed E-state index contributed by atoms with van der Waals surface area (Å²) in [5.74, 6) is 0. The zero-order chi connectivity index (χ0) is 14.4. The normalized spacial score (nSPS) is 12.4. The van der Waals surface area contributed by atoms with Crippen LogP contribution in [-0.2, 0) is 0 Å². The number of aromatic nitrogens is 2. The van der Waals surface area contributed by atoms with Crippen molar-refractivity contribution < 1.29 is 0 Å². The molecule has 2 nitrogen and oxygen atoms in total. The molecule has 1 rings (SSSR count). The van der Waals surface area contributed by atoms with Gasteiger partial charge in [0.05, 0.1) is 5.69 Å². The second-order valence-corrected chi connectivity index (χ2v) is 9.21. The lowest BCUT2D eigenvalue weighted by Gasteiger charge is -2.12. The van der Waals surface area contributed by atoms with Crippen molar-refractivity contribution in [3.8, 4) is 0 Å².